The molecule has 1 nitrogen and oxygen atoms in total. The normalized spacial score (nSPS) is 18.3. The van der Waals surface area contributed by atoms with Crippen LogP contribution in [0.5, 0.6) is 0 Å². The Bertz CT molecular complexity index is 1440. The molecule has 4 aromatic carbocycles. The zero-order chi connectivity index (χ0) is 24.0. The second-order valence-electron chi connectivity index (χ2n) is 10.3. The number of aryl methyl sites for hydroxylation is 1. The molecule has 4 aromatic rings. The molecule has 0 radical (unpaired) electrons. The zero-order valence-corrected chi connectivity index (χ0v) is 20.7. The molecule has 0 spiro atoms. The maximum atomic E-state index is 2.52. The van der Waals surface area contributed by atoms with Crippen LogP contribution in [-0.4, -0.2) is 0 Å². The fourth-order valence-corrected chi connectivity index (χ4v) is 5.94. The van der Waals surface area contributed by atoms with Crippen LogP contribution in [-0.2, 0) is 5.41 Å². The van der Waals surface area contributed by atoms with E-state index in [2.05, 4.69) is 141 Å². The molecule has 1 aliphatic heterocycles. The maximum Gasteiger partial charge on any atom is 0.0496 e. The number of nitrogens with zero attached hydrogens (tertiary/aromatic N) is 1. The van der Waals surface area contributed by atoms with Crippen molar-refractivity contribution in [3.63, 3.8) is 0 Å². The molecule has 1 heterocycles. The molecule has 2 aliphatic rings. The second kappa shape index (κ2) is 8.43. The van der Waals surface area contributed by atoms with Crippen LogP contribution in [0.15, 0.2) is 121 Å². The van der Waals surface area contributed by atoms with Gasteiger partial charge in [0.1, 0.15) is 0 Å². The molecule has 0 saturated heterocycles. The van der Waals surface area contributed by atoms with Gasteiger partial charge in [-0.15, -0.1) is 0 Å². The molecule has 0 bridgehead atoms. The maximum absolute atomic E-state index is 2.52. The standard InChI is InChI=1S/C34H31N/c1-24-22-27(25-12-6-4-7-13-25)18-20-31(24)35-32-17-11-10-16-29(32)34(2,3)30-23-28(19-21-33(30)35)26-14-8-5-9-15-26/h4-22,30H,23H2,1-3H3. The molecule has 1 unspecified atom stereocenters. The third-order valence-electron chi connectivity index (χ3n) is 7.89. The summed E-state index contributed by atoms with van der Waals surface area (Å²) in [5.74, 6) is 0.394. The van der Waals surface area contributed by atoms with E-state index < -0.39 is 0 Å². The summed E-state index contributed by atoms with van der Waals surface area (Å²) in [5, 5.41) is 0. The Morgan fingerprint density at radius 1 is 0.657 bits per heavy atom. The van der Waals surface area contributed by atoms with Gasteiger partial charge in [0.05, 0.1) is 0 Å². The van der Waals surface area contributed by atoms with Crippen molar-refractivity contribution in [3.05, 3.63) is 138 Å². The SMILES string of the molecule is Cc1cc(-c2ccccc2)ccc1N1C2=CC=C(c3ccccc3)CC2C(C)(C)c2ccccc21. The molecule has 35 heavy (non-hydrogen) atoms. The molecule has 0 N–H and O–H groups in total. The molecule has 172 valence electrons. The van der Waals surface area contributed by atoms with Gasteiger partial charge >= 0.3 is 0 Å². The fraction of sp³-hybridized carbons (Fsp3) is 0.176. The number of allylic oxidation sites excluding steroid dienone is 4. The van der Waals surface area contributed by atoms with E-state index in [1.165, 1.54) is 50.5 Å². The van der Waals surface area contributed by atoms with Crippen molar-refractivity contribution in [1.29, 1.82) is 0 Å². The molecule has 1 atom stereocenters. The Morgan fingerprint density at radius 2 is 1.31 bits per heavy atom. The molecule has 1 aliphatic carbocycles. The minimum atomic E-state index is 0.0328. The number of hydrogen-bond acceptors (Lipinski definition) is 1. The lowest BCUT2D eigenvalue weighted by Crippen LogP contribution is -2.42. The van der Waals surface area contributed by atoms with Gasteiger partial charge in [-0.05, 0) is 71.0 Å². The van der Waals surface area contributed by atoms with Crippen molar-refractivity contribution in [2.75, 3.05) is 4.90 Å². The Kier molecular flexibility index (Phi) is 5.22. The number of anilines is 2. The van der Waals surface area contributed by atoms with Crippen molar-refractivity contribution in [3.8, 4) is 11.1 Å². The quantitative estimate of drug-likeness (QED) is 0.299. The minimum absolute atomic E-state index is 0.0328. The van der Waals surface area contributed by atoms with Crippen LogP contribution in [0.4, 0.5) is 11.4 Å². The zero-order valence-electron chi connectivity index (χ0n) is 20.7. The summed E-state index contributed by atoms with van der Waals surface area (Å²) in [6.07, 6.45) is 5.75. The first-order chi connectivity index (χ1) is 17.0. The van der Waals surface area contributed by atoms with Crippen LogP contribution in [0.3, 0.4) is 0 Å². The van der Waals surface area contributed by atoms with Crippen molar-refractivity contribution >= 4 is 16.9 Å². The highest BCUT2D eigenvalue weighted by Gasteiger charge is 2.44. The smallest absolute Gasteiger partial charge is 0.0496 e. The van der Waals surface area contributed by atoms with Crippen molar-refractivity contribution in [2.45, 2.75) is 32.6 Å². The molecule has 6 rings (SSSR count). The predicted molar refractivity (Wildman–Crippen MR) is 149 cm³/mol. The van der Waals surface area contributed by atoms with E-state index in [1.807, 2.05) is 0 Å². The highest BCUT2D eigenvalue weighted by Crippen LogP contribution is 2.55. The average molecular weight is 454 g/mol. The number of para-hydroxylation sites is 1. The van der Waals surface area contributed by atoms with Gasteiger partial charge in [-0.2, -0.15) is 0 Å². The Morgan fingerprint density at radius 3 is 2.03 bits per heavy atom. The molecule has 1 heteroatoms. The third kappa shape index (κ3) is 3.63. The van der Waals surface area contributed by atoms with E-state index in [-0.39, 0.29) is 5.41 Å². The van der Waals surface area contributed by atoms with Gasteiger partial charge in [-0.3, -0.25) is 0 Å². The molecular weight excluding hydrogens is 422 g/mol. The van der Waals surface area contributed by atoms with Gasteiger partial charge in [-0.25, -0.2) is 0 Å². The van der Waals surface area contributed by atoms with Crippen LogP contribution >= 0.6 is 0 Å². The molecular formula is C34H31N. The summed E-state index contributed by atoms with van der Waals surface area (Å²) in [5.41, 5.74) is 12.0. The topological polar surface area (TPSA) is 3.24 Å². The van der Waals surface area contributed by atoms with Gasteiger partial charge < -0.3 is 4.90 Å². The van der Waals surface area contributed by atoms with Crippen molar-refractivity contribution in [2.24, 2.45) is 5.92 Å². The van der Waals surface area contributed by atoms with Crippen LogP contribution < -0.4 is 4.90 Å². The minimum Gasteiger partial charge on any atom is -0.313 e. The largest absolute Gasteiger partial charge is 0.313 e. The van der Waals surface area contributed by atoms with Crippen LogP contribution in [0, 0.1) is 12.8 Å². The Hall–Kier alpha value is -3.84. The lowest BCUT2D eigenvalue weighted by Gasteiger charge is -2.49. The highest BCUT2D eigenvalue weighted by atomic mass is 15.2. The third-order valence-corrected chi connectivity index (χ3v) is 7.89. The van der Waals surface area contributed by atoms with Crippen LogP contribution in [0.1, 0.15) is 37.0 Å². The summed E-state index contributed by atoms with van der Waals surface area (Å²) < 4.78 is 0. The van der Waals surface area contributed by atoms with E-state index in [9.17, 15) is 0 Å². The van der Waals surface area contributed by atoms with Gasteiger partial charge in [0.2, 0.25) is 0 Å². The predicted octanol–water partition coefficient (Wildman–Crippen LogP) is 9.08. The Labute approximate surface area is 209 Å². The lowest BCUT2D eigenvalue weighted by molar-refractivity contribution is 0.353. The first-order valence-electron chi connectivity index (χ1n) is 12.6. The number of rotatable bonds is 3. The summed E-state index contributed by atoms with van der Waals surface area (Å²) in [4.78, 5) is 2.52. The highest BCUT2D eigenvalue weighted by molar-refractivity contribution is 5.82. The summed E-state index contributed by atoms with van der Waals surface area (Å²) in [6, 6.07) is 37.4. The van der Waals surface area contributed by atoms with Crippen LogP contribution in [0.2, 0.25) is 0 Å². The lowest BCUT2D eigenvalue weighted by atomic mass is 9.64. The number of fused-ring (bicyclic) bond motifs is 2. The summed E-state index contributed by atoms with van der Waals surface area (Å²) >= 11 is 0. The monoisotopic (exact) mass is 453 g/mol. The fourth-order valence-electron chi connectivity index (χ4n) is 5.94. The molecule has 0 saturated carbocycles. The second-order valence-corrected chi connectivity index (χ2v) is 10.3. The first-order valence-corrected chi connectivity index (χ1v) is 12.6. The number of hydrogen-bond donors (Lipinski definition) is 0. The van der Waals surface area contributed by atoms with Gasteiger partial charge in [0.25, 0.3) is 0 Å². The molecule has 0 amide bonds. The summed E-state index contributed by atoms with van der Waals surface area (Å²) in [7, 11) is 0. The van der Waals surface area contributed by atoms with Crippen molar-refractivity contribution < 1.29 is 0 Å². The number of benzene rings is 4. The van der Waals surface area contributed by atoms with Gasteiger partial charge in [0, 0.05) is 28.4 Å². The Balaban J connectivity index is 1.51. The van der Waals surface area contributed by atoms with E-state index in [0.29, 0.717) is 5.92 Å². The van der Waals surface area contributed by atoms with E-state index in [1.54, 1.807) is 0 Å². The van der Waals surface area contributed by atoms with Crippen molar-refractivity contribution in [1.82, 2.24) is 0 Å². The molecule has 0 fully saturated rings. The van der Waals surface area contributed by atoms with E-state index in [4.69, 9.17) is 0 Å². The first kappa shape index (κ1) is 21.7. The molecule has 0 aromatic heterocycles. The van der Waals surface area contributed by atoms with Gasteiger partial charge in [-0.1, -0.05) is 105 Å². The average Bonchev–Trinajstić information content (AvgIpc) is 2.90. The van der Waals surface area contributed by atoms with E-state index in [0.717, 1.165) is 6.42 Å². The van der Waals surface area contributed by atoms with Gasteiger partial charge in [0.15, 0.2) is 0 Å². The van der Waals surface area contributed by atoms with Crippen LogP contribution in [0.25, 0.3) is 16.7 Å². The summed E-state index contributed by atoms with van der Waals surface area (Å²) in [6.45, 7) is 7.08. The van der Waals surface area contributed by atoms with E-state index >= 15 is 0 Å².